The molecule has 72 valence electrons. The molecule has 1 aliphatic rings. The molecule has 0 atom stereocenters. The van der Waals surface area contributed by atoms with Crippen LogP contribution in [0, 0.1) is 0 Å². The fraction of sp³-hybridized carbons (Fsp3) is 1.00. The topological polar surface area (TPSA) is 29.3 Å². The smallest absolute Gasteiger partial charge is 0.261 e. The monoisotopic (exact) mass is 178 g/mol. The largest absolute Gasteiger partial charge is 0.325 e. The molecule has 2 N–H and O–H groups in total. The fourth-order valence-corrected chi connectivity index (χ4v) is 1.43. The maximum Gasteiger partial charge on any atom is 0.261 e. The van der Waals surface area contributed by atoms with Crippen molar-refractivity contribution in [1.82, 2.24) is 4.90 Å². The van der Waals surface area contributed by atoms with Crippen LogP contribution in [0.4, 0.5) is 8.78 Å². The number of nitrogens with zero attached hydrogens (tertiary/aromatic N) is 1. The Labute approximate surface area is 71.7 Å². The molecule has 1 rings (SSSR count). The Morgan fingerprint density at radius 2 is 1.83 bits per heavy atom. The van der Waals surface area contributed by atoms with Crippen LogP contribution in [0.15, 0.2) is 0 Å². The molecule has 0 unspecified atom stereocenters. The van der Waals surface area contributed by atoms with Crippen molar-refractivity contribution in [3.05, 3.63) is 0 Å². The lowest BCUT2D eigenvalue weighted by Gasteiger charge is -2.19. The van der Waals surface area contributed by atoms with Crippen LogP contribution in [0.25, 0.3) is 0 Å². The zero-order chi connectivity index (χ0) is 9.03. The number of halogens is 2. The highest BCUT2D eigenvalue weighted by Crippen LogP contribution is 2.18. The lowest BCUT2D eigenvalue weighted by molar-refractivity contribution is -0.00516. The summed E-state index contributed by atoms with van der Waals surface area (Å²) >= 11 is 0. The number of rotatable bonds is 4. The molecule has 2 nitrogen and oxygen atoms in total. The summed E-state index contributed by atoms with van der Waals surface area (Å²) in [5.74, 6) is -2.66. The van der Waals surface area contributed by atoms with Gasteiger partial charge in [0.2, 0.25) is 0 Å². The van der Waals surface area contributed by atoms with E-state index in [-0.39, 0.29) is 6.42 Å². The number of nitrogens with two attached hydrogens (primary N) is 1. The van der Waals surface area contributed by atoms with E-state index in [0.717, 1.165) is 25.9 Å². The van der Waals surface area contributed by atoms with Crippen molar-refractivity contribution in [2.75, 3.05) is 26.2 Å². The highest BCUT2D eigenvalue weighted by molar-refractivity contribution is 4.72. The first-order chi connectivity index (χ1) is 5.64. The molecule has 0 aliphatic carbocycles. The van der Waals surface area contributed by atoms with Crippen molar-refractivity contribution < 1.29 is 8.78 Å². The summed E-state index contributed by atoms with van der Waals surface area (Å²) in [6.45, 7) is 1.91. The quantitative estimate of drug-likeness (QED) is 0.697. The molecule has 0 amide bonds. The lowest BCUT2D eigenvalue weighted by atomic mass is 10.2. The van der Waals surface area contributed by atoms with Gasteiger partial charge in [0.25, 0.3) is 5.92 Å². The van der Waals surface area contributed by atoms with E-state index in [1.807, 2.05) is 0 Å². The zero-order valence-corrected chi connectivity index (χ0v) is 7.23. The van der Waals surface area contributed by atoms with E-state index >= 15 is 0 Å². The first-order valence-electron chi connectivity index (χ1n) is 4.44. The van der Waals surface area contributed by atoms with E-state index in [1.165, 1.54) is 0 Å². The maximum absolute atomic E-state index is 12.7. The number of likely N-dealkylation sites (tertiary alicyclic amines) is 1. The Balaban J connectivity index is 2.15. The normalized spacial score (nSPS) is 20.2. The Morgan fingerprint density at radius 1 is 1.25 bits per heavy atom. The van der Waals surface area contributed by atoms with Crippen molar-refractivity contribution >= 4 is 0 Å². The minimum atomic E-state index is -2.66. The summed E-state index contributed by atoms with van der Waals surface area (Å²) in [4.78, 5) is 2.07. The van der Waals surface area contributed by atoms with Gasteiger partial charge in [0.15, 0.2) is 0 Å². The van der Waals surface area contributed by atoms with Crippen molar-refractivity contribution in [2.45, 2.75) is 25.2 Å². The van der Waals surface area contributed by atoms with Gasteiger partial charge in [0, 0.05) is 13.0 Å². The maximum atomic E-state index is 12.7. The van der Waals surface area contributed by atoms with Crippen molar-refractivity contribution in [2.24, 2.45) is 5.73 Å². The summed E-state index contributed by atoms with van der Waals surface area (Å²) < 4.78 is 25.3. The molecule has 1 fully saturated rings. The molecular formula is C8H16F2N2. The van der Waals surface area contributed by atoms with E-state index in [2.05, 4.69) is 4.90 Å². The molecule has 0 bridgehead atoms. The summed E-state index contributed by atoms with van der Waals surface area (Å²) in [6.07, 6.45) is 2.20. The second kappa shape index (κ2) is 4.14. The van der Waals surface area contributed by atoms with E-state index in [4.69, 9.17) is 5.73 Å². The average Bonchev–Trinajstić information content (AvgIpc) is 2.53. The van der Waals surface area contributed by atoms with E-state index in [0.29, 0.717) is 6.54 Å². The second-order valence-corrected chi connectivity index (χ2v) is 3.36. The van der Waals surface area contributed by atoms with Crippen molar-refractivity contribution in [1.29, 1.82) is 0 Å². The van der Waals surface area contributed by atoms with Gasteiger partial charge < -0.3 is 10.6 Å². The van der Waals surface area contributed by atoms with Gasteiger partial charge in [-0.15, -0.1) is 0 Å². The van der Waals surface area contributed by atoms with Crippen LogP contribution in [0.3, 0.4) is 0 Å². The molecule has 0 spiro atoms. The van der Waals surface area contributed by atoms with Gasteiger partial charge in [0.1, 0.15) is 0 Å². The Hall–Kier alpha value is -0.220. The predicted molar refractivity (Wildman–Crippen MR) is 44.3 cm³/mol. The lowest BCUT2D eigenvalue weighted by Crippen LogP contribution is -2.33. The minimum Gasteiger partial charge on any atom is -0.325 e. The van der Waals surface area contributed by atoms with Crippen molar-refractivity contribution in [3.63, 3.8) is 0 Å². The van der Waals surface area contributed by atoms with E-state index in [1.54, 1.807) is 0 Å². The van der Waals surface area contributed by atoms with Gasteiger partial charge in [-0.25, -0.2) is 8.78 Å². The molecule has 4 heteroatoms. The molecule has 1 heterocycles. The van der Waals surface area contributed by atoms with Crippen molar-refractivity contribution in [3.8, 4) is 0 Å². The summed E-state index contributed by atoms with van der Waals surface area (Å²) in [5, 5.41) is 0. The molecule has 1 saturated heterocycles. The Kier molecular flexibility index (Phi) is 3.40. The fourth-order valence-electron chi connectivity index (χ4n) is 1.43. The van der Waals surface area contributed by atoms with Gasteiger partial charge >= 0.3 is 0 Å². The van der Waals surface area contributed by atoms with Crippen LogP contribution in [0.2, 0.25) is 0 Å². The average molecular weight is 178 g/mol. The Bertz CT molecular complexity index is 133. The van der Waals surface area contributed by atoms with Crippen LogP contribution in [0.5, 0.6) is 0 Å². The first-order valence-corrected chi connectivity index (χ1v) is 4.44. The molecular weight excluding hydrogens is 162 g/mol. The molecule has 1 aliphatic heterocycles. The summed E-state index contributed by atoms with van der Waals surface area (Å²) in [5.41, 5.74) is 4.92. The van der Waals surface area contributed by atoms with Gasteiger partial charge in [-0.2, -0.15) is 0 Å². The molecule has 0 aromatic rings. The summed E-state index contributed by atoms with van der Waals surface area (Å²) in [7, 11) is 0. The van der Waals surface area contributed by atoms with Crippen LogP contribution in [-0.2, 0) is 0 Å². The third-order valence-electron chi connectivity index (χ3n) is 2.29. The third kappa shape index (κ3) is 3.03. The Morgan fingerprint density at radius 3 is 2.33 bits per heavy atom. The second-order valence-electron chi connectivity index (χ2n) is 3.36. The molecule has 0 radical (unpaired) electrons. The minimum absolute atomic E-state index is 0.0938. The SMILES string of the molecule is NCC(F)(F)CCN1CCCC1. The van der Waals surface area contributed by atoms with Gasteiger partial charge in [-0.1, -0.05) is 0 Å². The summed E-state index contributed by atoms with van der Waals surface area (Å²) in [6, 6.07) is 0. The van der Waals surface area contributed by atoms with Gasteiger partial charge in [-0.05, 0) is 25.9 Å². The van der Waals surface area contributed by atoms with Gasteiger partial charge in [0.05, 0.1) is 6.54 Å². The highest BCUT2D eigenvalue weighted by atomic mass is 19.3. The molecule has 0 aromatic carbocycles. The zero-order valence-electron chi connectivity index (χ0n) is 7.23. The third-order valence-corrected chi connectivity index (χ3v) is 2.29. The highest BCUT2D eigenvalue weighted by Gasteiger charge is 2.27. The van der Waals surface area contributed by atoms with Crippen LogP contribution in [-0.4, -0.2) is 37.0 Å². The molecule has 12 heavy (non-hydrogen) atoms. The van der Waals surface area contributed by atoms with Crippen LogP contribution >= 0.6 is 0 Å². The predicted octanol–water partition coefficient (Wildman–Crippen LogP) is 1.07. The molecule has 0 aromatic heterocycles. The number of alkyl halides is 2. The molecule has 0 saturated carbocycles. The van der Waals surface area contributed by atoms with Gasteiger partial charge in [-0.3, -0.25) is 0 Å². The first kappa shape index (κ1) is 9.86. The standard InChI is InChI=1S/C8H16F2N2/c9-8(10,7-11)3-6-12-4-1-2-5-12/h1-7,11H2. The van der Waals surface area contributed by atoms with E-state index < -0.39 is 12.5 Å². The van der Waals surface area contributed by atoms with E-state index in [9.17, 15) is 8.78 Å². The van der Waals surface area contributed by atoms with Crippen LogP contribution in [0.1, 0.15) is 19.3 Å². The number of hydrogen-bond acceptors (Lipinski definition) is 2. The number of hydrogen-bond donors (Lipinski definition) is 1. The van der Waals surface area contributed by atoms with Crippen LogP contribution < -0.4 is 5.73 Å².